The van der Waals surface area contributed by atoms with E-state index in [1.165, 1.54) is 0 Å². The molecule has 28 heavy (non-hydrogen) atoms. The number of rotatable bonds is 5. The molecule has 3 aromatic rings. The number of carbonyl (C=O) groups excluding carboxylic acids is 1. The molecule has 0 saturated heterocycles. The first-order valence-electron chi connectivity index (χ1n) is 7.92. The summed E-state index contributed by atoms with van der Waals surface area (Å²) in [5, 5.41) is 5.98. The first-order chi connectivity index (χ1) is 13.2. The van der Waals surface area contributed by atoms with E-state index in [0.717, 1.165) is 18.2 Å². The molecule has 0 aliphatic heterocycles. The van der Waals surface area contributed by atoms with Crippen LogP contribution in [0.25, 0.3) is 11.5 Å². The predicted molar refractivity (Wildman–Crippen MR) is 95.0 cm³/mol. The lowest BCUT2D eigenvalue weighted by Gasteiger charge is -2.12. The Hall–Kier alpha value is -3.07. The lowest BCUT2D eigenvalue weighted by Crippen LogP contribution is -2.20. The highest BCUT2D eigenvalue weighted by Gasteiger charge is 2.31. The van der Waals surface area contributed by atoms with E-state index < -0.39 is 24.3 Å². The van der Waals surface area contributed by atoms with E-state index in [9.17, 15) is 18.0 Å². The Kier molecular flexibility index (Phi) is 5.55. The fraction of sp³-hybridized carbons (Fsp3) is 0.167. The van der Waals surface area contributed by atoms with E-state index in [-0.39, 0.29) is 10.7 Å². The Balaban J connectivity index is 1.65. The highest BCUT2D eigenvalue weighted by atomic mass is 35.5. The van der Waals surface area contributed by atoms with Crippen LogP contribution >= 0.6 is 11.6 Å². The maximum absolute atomic E-state index is 12.8. The van der Waals surface area contributed by atoms with E-state index in [1.807, 2.05) is 0 Å². The molecule has 0 radical (unpaired) electrons. The van der Waals surface area contributed by atoms with Crippen LogP contribution in [0.4, 0.5) is 18.9 Å². The van der Waals surface area contributed by atoms with Crippen LogP contribution in [0.2, 0.25) is 5.02 Å². The summed E-state index contributed by atoms with van der Waals surface area (Å²) < 4.78 is 48.8. The van der Waals surface area contributed by atoms with Crippen LogP contribution < -0.4 is 10.1 Å². The molecule has 1 heterocycles. The monoisotopic (exact) mass is 411 g/mol. The number of carbonyl (C=O) groups is 1. The van der Waals surface area contributed by atoms with Gasteiger partial charge >= 0.3 is 6.18 Å². The van der Waals surface area contributed by atoms with Gasteiger partial charge in [-0.25, -0.2) is 0 Å². The van der Waals surface area contributed by atoms with Gasteiger partial charge in [0.25, 0.3) is 11.8 Å². The number of anilines is 1. The van der Waals surface area contributed by atoms with Crippen LogP contribution in [-0.4, -0.2) is 22.7 Å². The maximum Gasteiger partial charge on any atom is 0.416 e. The second kappa shape index (κ2) is 7.89. The van der Waals surface area contributed by atoms with Crippen molar-refractivity contribution in [1.29, 1.82) is 0 Å². The second-order valence-corrected chi connectivity index (χ2v) is 6.11. The third-order valence-corrected chi connectivity index (χ3v) is 3.88. The first-order valence-corrected chi connectivity index (χ1v) is 8.30. The average molecular weight is 412 g/mol. The zero-order valence-electron chi connectivity index (χ0n) is 14.4. The van der Waals surface area contributed by atoms with Gasteiger partial charge in [0.05, 0.1) is 16.3 Å². The molecule has 0 aliphatic carbocycles. The van der Waals surface area contributed by atoms with Crippen LogP contribution in [0.5, 0.6) is 5.75 Å². The van der Waals surface area contributed by atoms with Crippen molar-refractivity contribution in [3.05, 3.63) is 58.9 Å². The molecular formula is C18H13ClF3N3O3. The molecule has 1 aromatic heterocycles. The molecule has 1 N–H and O–H groups in total. The van der Waals surface area contributed by atoms with Gasteiger partial charge in [0.15, 0.2) is 12.4 Å². The number of aryl methyl sites for hydroxylation is 1. The summed E-state index contributed by atoms with van der Waals surface area (Å²) in [6.07, 6.45) is -4.55. The van der Waals surface area contributed by atoms with Gasteiger partial charge in [0.1, 0.15) is 5.75 Å². The topological polar surface area (TPSA) is 77.2 Å². The molecule has 0 unspecified atom stereocenters. The summed E-state index contributed by atoms with van der Waals surface area (Å²) in [5.41, 5.74) is -0.477. The number of halogens is 4. The van der Waals surface area contributed by atoms with E-state index >= 15 is 0 Å². The Morgan fingerprint density at radius 2 is 2.04 bits per heavy atom. The van der Waals surface area contributed by atoms with Gasteiger partial charge in [-0.1, -0.05) is 22.8 Å². The number of alkyl halides is 3. The molecule has 0 spiro atoms. The van der Waals surface area contributed by atoms with Gasteiger partial charge < -0.3 is 14.6 Å². The van der Waals surface area contributed by atoms with Crippen LogP contribution in [-0.2, 0) is 11.0 Å². The van der Waals surface area contributed by atoms with E-state index in [4.69, 9.17) is 20.9 Å². The summed E-state index contributed by atoms with van der Waals surface area (Å²) in [6.45, 7) is 1.25. The van der Waals surface area contributed by atoms with Crippen molar-refractivity contribution in [2.45, 2.75) is 13.1 Å². The number of amides is 1. The fourth-order valence-electron chi connectivity index (χ4n) is 2.27. The number of hydrogen-bond acceptors (Lipinski definition) is 5. The fourth-order valence-corrected chi connectivity index (χ4v) is 2.43. The molecule has 0 saturated carbocycles. The molecule has 1 amide bonds. The van der Waals surface area contributed by atoms with Crippen molar-refractivity contribution in [2.75, 3.05) is 11.9 Å². The predicted octanol–water partition coefficient (Wildman–Crippen LogP) is 4.73. The molecule has 0 bridgehead atoms. The normalized spacial score (nSPS) is 11.3. The third-order valence-electron chi connectivity index (χ3n) is 3.55. The quantitative estimate of drug-likeness (QED) is 0.656. The number of ether oxygens (including phenoxy) is 1. The highest BCUT2D eigenvalue weighted by Crippen LogP contribution is 2.33. The first kappa shape index (κ1) is 19.7. The smallest absolute Gasteiger partial charge is 0.416 e. The summed E-state index contributed by atoms with van der Waals surface area (Å²) in [5.74, 6) is 0.445. The van der Waals surface area contributed by atoms with Crippen molar-refractivity contribution < 1.29 is 27.2 Å². The van der Waals surface area contributed by atoms with Crippen LogP contribution in [0, 0.1) is 6.92 Å². The van der Waals surface area contributed by atoms with Crippen LogP contribution in [0.1, 0.15) is 11.4 Å². The van der Waals surface area contributed by atoms with E-state index in [0.29, 0.717) is 23.0 Å². The minimum absolute atomic E-state index is 0.0184. The van der Waals surface area contributed by atoms with Gasteiger partial charge in [-0.15, -0.1) is 0 Å². The summed E-state index contributed by atoms with van der Waals surface area (Å²) >= 11 is 5.85. The minimum atomic E-state index is -4.55. The SMILES string of the molecule is Cc1noc(-c2cccc(OCC(=O)Nc3cc(C(F)(F)F)ccc3Cl)c2)n1. The number of nitrogens with zero attached hydrogens (tertiary/aromatic N) is 2. The average Bonchev–Trinajstić information content (AvgIpc) is 3.08. The van der Waals surface area contributed by atoms with Gasteiger partial charge in [-0.05, 0) is 43.3 Å². The largest absolute Gasteiger partial charge is 0.484 e. The Labute approximate surface area is 162 Å². The van der Waals surface area contributed by atoms with Crippen molar-refractivity contribution in [3.63, 3.8) is 0 Å². The number of hydrogen-bond donors (Lipinski definition) is 1. The second-order valence-electron chi connectivity index (χ2n) is 5.70. The number of nitrogens with one attached hydrogen (secondary N) is 1. The molecule has 6 nitrogen and oxygen atoms in total. The Morgan fingerprint density at radius 1 is 1.25 bits per heavy atom. The van der Waals surface area contributed by atoms with Gasteiger partial charge in [0.2, 0.25) is 0 Å². The zero-order valence-corrected chi connectivity index (χ0v) is 15.1. The molecule has 2 aromatic carbocycles. The summed E-state index contributed by atoms with van der Waals surface area (Å²) in [7, 11) is 0. The van der Waals surface area contributed by atoms with E-state index in [2.05, 4.69) is 15.5 Å². The third kappa shape index (κ3) is 4.80. The van der Waals surface area contributed by atoms with E-state index in [1.54, 1.807) is 31.2 Å². The van der Waals surface area contributed by atoms with Crippen molar-refractivity contribution in [1.82, 2.24) is 10.1 Å². The Bertz CT molecular complexity index is 1000. The highest BCUT2D eigenvalue weighted by molar-refractivity contribution is 6.33. The molecule has 10 heteroatoms. The van der Waals surface area contributed by atoms with Gasteiger partial charge in [-0.3, -0.25) is 4.79 Å². The number of aromatic nitrogens is 2. The van der Waals surface area contributed by atoms with Crippen LogP contribution in [0.15, 0.2) is 47.0 Å². The maximum atomic E-state index is 12.8. The summed E-state index contributed by atoms with van der Waals surface area (Å²) in [6, 6.07) is 9.26. The molecule has 146 valence electrons. The zero-order chi connectivity index (χ0) is 20.3. The van der Waals surface area contributed by atoms with Crippen molar-refractivity contribution in [3.8, 4) is 17.2 Å². The lowest BCUT2D eigenvalue weighted by atomic mass is 10.2. The Morgan fingerprint density at radius 3 is 2.71 bits per heavy atom. The van der Waals surface area contributed by atoms with Gasteiger partial charge in [-0.2, -0.15) is 18.2 Å². The van der Waals surface area contributed by atoms with Crippen molar-refractivity contribution in [2.24, 2.45) is 0 Å². The molecule has 0 aliphatic rings. The number of benzene rings is 2. The van der Waals surface area contributed by atoms with Gasteiger partial charge in [0, 0.05) is 5.56 Å². The van der Waals surface area contributed by atoms with Crippen LogP contribution in [0.3, 0.4) is 0 Å². The molecule has 0 atom stereocenters. The molecule has 0 fully saturated rings. The summed E-state index contributed by atoms with van der Waals surface area (Å²) in [4.78, 5) is 16.1. The molecular weight excluding hydrogens is 399 g/mol. The van der Waals surface area contributed by atoms with Crippen molar-refractivity contribution >= 4 is 23.2 Å². The molecule has 3 rings (SSSR count). The minimum Gasteiger partial charge on any atom is -0.484 e. The lowest BCUT2D eigenvalue weighted by molar-refractivity contribution is -0.137. The standard InChI is InChI=1S/C18H13ClF3N3O3/c1-10-23-17(28-25-10)11-3-2-4-13(7-11)27-9-16(26)24-15-8-12(18(20,21)22)5-6-14(15)19/h2-8H,9H2,1H3,(H,24,26).